The summed E-state index contributed by atoms with van der Waals surface area (Å²) in [4.78, 5) is 18.8. The van der Waals surface area contributed by atoms with E-state index >= 15 is 0 Å². The lowest BCUT2D eigenvalue weighted by atomic mass is 10.1. The van der Waals surface area contributed by atoms with Crippen LogP contribution in [-0.2, 0) is 0 Å². The van der Waals surface area contributed by atoms with E-state index in [1.54, 1.807) is 12.4 Å². The fraction of sp³-hybridized carbons (Fsp3) is 0.280. The first-order chi connectivity index (χ1) is 14.6. The van der Waals surface area contributed by atoms with Crippen molar-refractivity contribution in [2.45, 2.75) is 32.8 Å². The minimum Gasteiger partial charge on any atom is -0.490 e. The summed E-state index contributed by atoms with van der Waals surface area (Å²) in [7, 11) is 0. The zero-order valence-corrected chi connectivity index (χ0v) is 17.4. The number of hydrogen-bond acceptors (Lipinski definition) is 4. The molecule has 1 aliphatic rings. The fourth-order valence-electron chi connectivity index (χ4n) is 3.58. The van der Waals surface area contributed by atoms with Gasteiger partial charge in [0.2, 0.25) is 0 Å². The molecule has 0 saturated carbocycles. The molecule has 1 saturated heterocycles. The molecule has 2 heterocycles. The number of pyridine rings is 1. The number of rotatable bonds is 5. The second-order valence-corrected chi connectivity index (χ2v) is 7.69. The summed E-state index contributed by atoms with van der Waals surface area (Å²) in [5, 5.41) is 0. The van der Waals surface area contributed by atoms with E-state index < -0.39 is 0 Å². The molecule has 154 valence electrons. The Morgan fingerprint density at radius 2 is 1.77 bits per heavy atom. The van der Waals surface area contributed by atoms with Crippen LogP contribution < -0.4 is 9.47 Å². The molecule has 1 fully saturated rings. The van der Waals surface area contributed by atoms with Crippen molar-refractivity contribution in [2.24, 2.45) is 0 Å². The van der Waals surface area contributed by atoms with E-state index in [0.717, 1.165) is 24.2 Å². The van der Waals surface area contributed by atoms with E-state index in [-0.39, 0.29) is 12.0 Å². The predicted molar refractivity (Wildman–Crippen MR) is 116 cm³/mol. The van der Waals surface area contributed by atoms with Crippen molar-refractivity contribution in [1.82, 2.24) is 9.88 Å². The normalized spacial score (nSPS) is 14.4. The molecular weight excluding hydrogens is 376 g/mol. The zero-order chi connectivity index (χ0) is 20.9. The van der Waals surface area contributed by atoms with Crippen LogP contribution in [0.5, 0.6) is 17.2 Å². The first-order valence-corrected chi connectivity index (χ1v) is 10.3. The highest BCUT2D eigenvalue weighted by atomic mass is 16.5. The topological polar surface area (TPSA) is 51.7 Å². The highest BCUT2D eigenvalue weighted by Gasteiger charge is 2.25. The summed E-state index contributed by atoms with van der Waals surface area (Å²) in [6.45, 7) is 5.53. The molecule has 1 aliphatic heterocycles. The van der Waals surface area contributed by atoms with Gasteiger partial charge in [-0.1, -0.05) is 12.1 Å². The smallest absolute Gasteiger partial charge is 0.253 e. The van der Waals surface area contributed by atoms with Crippen LogP contribution in [0.25, 0.3) is 0 Å². The molecule has 5 heteroatoms. The van der Waals surface area contributed by atoms with Crippen LogP contribution in [0.3, 0.4) is 0 Å². The lowest BCUT2D eigenvalue weighted by Gasteiger charge is -2.32. The van der Waals surface area contributed by atoms with E-state index in [2.05, 4.69) is 37.0 Å². The highest BCUT2D eigenvalue weighted by Crippen LogP contribution is 2.25. The number of ether oxygens (including phenoxy) is 2. The maximum Gasteiger partial charge on any atom is 0.253 e. The van der Waals surface area contributed by atoms with Crippen LogP contribution in [0.2, 0.25) is 0 Å². The predicted octanol–water partition coefficient (Wildman–Crippen LogP) is 5.17. The molecule has 1 amide bonds. The van der Waals surface area contributed by atoms with E-state index in [4.69, 9.17) is 9.47 Å². The Balaban J connectivity index is 1.32. The van der Waals surface area contributed by atoms with Crippen molar-refractivity contribution in [3.8, 4) is 17.2 Å². The fourth-order valence-corrected chi connectivity index (χ4v) is 3.58. The average molecular weight is 402 g/mol. The molecule has 30 heavy (non-hydrogen) atoms. The van der Waals surface area contributed by atoms with Crippen molar-refractivity contribution >= 4 is 5.91 Å². The van der Waals surface area contributed by atoms with Crippen molar-refractivity contribution in [3.63, 3.8) is 0 Å². The van der Waals surface area contributed by atoms with Gasteiger partial charge in [0.15, 0.2) is 0 Å². The number of aryl methyl sites for hydroxylation is 2. The second kappa shape index (κ2) is 8.99. The van der Waals surface area contributed by atoms with Crippen LogP contribution in [-0.4, -0.2) is 35.0 Å². The summed E-state index contributed by atoms with van der Waals surface area (Å²) in [6.07, 6.45) is 5.17. The third-order valence-corrected chi connectivity index (χ3v) is 5.34. The van der Waals surface area contributed by atoms with E-state index in [1.807, 2.05) is 41.3 Å². The Bertz CT molecular complexity index is 995. The van der Waals surface area contributed by atoms with Gasteiger partial charge in [-0.05, 0) is 67.4 Å². The molecule has 0 bridgehead atoms. The number of nitrogens with zero attached hydrogens (tertiary/aromatic N) is 2. The number of carbonyl (C=O) groups is 1. The summed E-state index contributed by atoms with van der Waals surface area (Å²) < 4.78 is 12.0. The largest absolute Gasteiger partial charge is 0.490 e. The molecular formula is C25H26N2O3. The number of hydrogen-bond donors (Lipinski definition) is 0. The Hall–Kier alpha value is -3.34. The average Bonchev–Trinajstić information content (AvgIpc) is 2.78. The van der Waals surface area contributed by atoms with Gasteiger partial charge in [0.1, 0.15) is 23.4 Å². The number of piperidine rings is 1. The van der Waals surface area contributed by atoms with E-state index in [0.29, 0.717) is 30.2 Å². The van der Waals surface area contributed by atoms with Gasteiger partial charge in [-0.25, -0.2) is 0 Å². The third kappa shape index (κ3) is 4.79. The number of benzene rings is 2. The molecule has 0 spiro atoms. The van der Waals surface area contributed by atoms with E-state index in [9.17, 15) is 4.79 Å². The number of likely N-dealkylation sites (tertiary alicyclic amines) is 1. The van der Waals surface area contributed by atoms with Gasteiger partial charge in [0.05, 0.1) is 6.20 Å². The van der Waals surface area contributed by atoms with Crippen molar-refractivity contribution in [2.75, 3.05) is 13.1 Å². The molecule has 2 aromatic carbocycles. The van der Waals surface area contributed by atoms with Gasteiger partial charge >= 0.3 is 0 Å². The quantitative estimate of drug-likeness (QED) is 0.590. The molecule has 4 rings (SSSR count). The molecule has 0 unspecified atom stereocenters. The van der Waals surface area contributed by atoms with Gasteiger partial charge in [-0.15, -0.1) is 0 Å². The van der Waals surface area contributed by atoms with Gasteiger partial charge in [0, 0.05) is 37.7 Å². The minimum atomic E-state index is 0.0492. The van der Waals surface area contributed by atoms with Gasteiger partial charge in [0.25, 0.3) is 5.91 Å². The Kier molecular flexibility index (Phi) is 5.98. The molecule has 0 N–H and O–H groups in total. The van der Waals surface area contributed by atoms with Crippen molar-refractivity contribution in [1.29, 1.82) is 0 Å². The maximum absolute atomic E-state index is 12.9. The zero-order valence-electron chi connectivity index (χ0n) is 17.4. The van der Waals surface area contributed by atoms with Crippen LogP contribution in [0, 0.1) is 13.8 Å². The summed E-state index contributed by atoms with van der Waals surface area (Å²) in [6, 6.07) is 17.2. The minimum absolute atomic E-state index is 0.0492. The molecule has 0 radical (unpaired) electrons. The number of carbonyl (C=O) groups excluding carboxylic acids is 1. The molecule has 5 nitrogen and oxygen atoms in total. The maximum atomic E-state index is 12.9. The monoisotopic (exact) mass is 402 g/mol. The molecule has 1 aromatic heterocycles. The molecule has 0 aliphatic carbocycles. The van der Waals surface area contributed by atoms with Gasteiger partial charge in [-0.3, -0.25) is 9.78 Å². The standard InChI is InChI=1S/C25H26N2O3/c1-18-5-6-19(2)24(16-18)30-22-11-14-27(15-12-22)25(28)20-7-9-21(10-8-20)29-23-4-3-13-26-17-23/h3-10,13,16-17,22H,11-12,14-15H2,1-2H3. The SMILES string of the molecule is Cc1ccc(C)c(OC2CCN(C(=O)c3ccc(Oc4cccnc4)cc3)CC2)c1. The summed E-state index contributed by atoms with van der Waals surface area (Å²) >= 11 is 0. The lowest BCUT2D eigenvalue weighted by molar-refractivity contribution is 0.0594. The Morgan fingerprint density at radius 3 is 2.47 bits per heavy atom. The molecule has 0 atom stereocenters. The van der Waals surface area contributed by atoms with Crippen LogP contribution in [0.15, 0.2) is 67.0 Å². The second-order valence-electron chi connectivity index (χ2n) is 7.69. The van der Waals surface area contributed by atoms with Crippen LogP contribution >= 0.6 is 0 Å². The number of amides is 1. The summed E-state index contributed by atoms with van der Waals surface area (Å²) in [5.74, 6) is 2.35. The van der Waals surface area contributed by atoms with Gasteiger partial charge in [-0.2, -0.15) is 0 Å². The van der Waals surface area contributed by atoms with Crippen molar-refractivity contribution < 1.29 is 14.3 Å². The van der Waals surface area contributed by atoms with Gasteiger partial charge < -0.3 is 14.4 Å². The summed E-state index contributed by atoms with van der Waals surface area (Å²) in [5.41, 5.74) is 3.01. The Morgan fingerprint density at radius 1 is 1.00 bits per heavy atom. The first kappa shape index (κ1) is 20.0. The third-order valence-electron chi connectivity index (χ3n) is 5.34. The Labute approximate surface area is 177 Å². The first-order valence-electron chi connectivity index (χ1n) is 10.3. The van der Waals surface area contributed by atoms with Crippen molar-refractivity contribution in [3.05, 3.63) is 83.7 Å². The van der Waals surface area contributed by atoms with E-state index in [1.165, 1.54) is 5.56 Å². The highest BCUT2D eigenvalue weighted by molar-refractivity contribution is 5.94. The molecule has 3 aromatic rings. The van der Waals surface area contributed by atoms with Crippen LogP contribution in [0.4, 0.5) is 0 Å². The van der Waals surface area contributed by atoms with Crippen LogP contribution in [0.1, 0.15) is 34.3 Å². The number of aromatic nitrogens is 1. The lowest BCUT2D eigenvalue weighted by Crippen LogP contribution is -2.41.